The Hall–Kier alpha value is -2.32. The van der Waals surface area contributed by atoms with Gasteiger partial charge in [-0.2, -0.15) is 0 Å². The minimum atomic E-state index is -3.70. The van der Waals surface area contributed by atoms with Gasteiger partial charge in [-0.15, -0.1) is 11.8 Å². The highest BCUT2D eigenvalue weighted by atomic mass is 32.2. The number of anilines is 2. The van der Waals surface area contributed by atoms with Gasteiger partial charge in [0.05, 0.1) is 22.1 Å². The smallest absolute Gasteiger partial charge is 0.234 e. The molecule has 0 spiro atoms. The average Bonchev–Trinajstić information content (AvgIpc) is 2.63. The Morgan fingerprint density at radius 3 is 2.48 bits per heavy atom. The van der Waals surface area contributed by atoms with Crippen molar-refractivity contribution in [1.82, 2.24) is 0 Å². The van der Waals surface area contributed by atoms with Crippen LogP contribution in [-0.4, -0.2) is 31.7 Å². The van der Waals surface area contributed by atoms with Crippen LogP contribution in [0.2, 0.25) is 0 Å². The highest BCUT2D eigenvalue weighted by Gasteiger charge is 2.26. The number of sulfone groups is 1. The molecule has 8 heteroatoms. The van der Waals surface area contributed by atoms with E-state index in [-0.39, 0.29) is 22.5 Å². The summed E-state index contributed by atoms with van der Waals surface area (Å²) < 4.78 is 25.7. The summed E-state index contributed by atoms with van der Waals surface area (Å²) in [6, 6.07) is 8.63. The van der Waals surface area contributed by atoms with Crippen LogP contribution in [0, 0.1) is 26.7 Å². The van der Waals surface area contributed by atoms with E-state index >= 15 is 0 Å². The second kappa shape index (κ2) is 8.20. The fraction of sp³-hybridized carbons (Fsp3) is 0.333. The number of hydrogen-bond acceptors (Lipinski definition) is 5. The van der Waals surface area contributed by atoms with Gasteiger partial charge in [0, 0.05) is 16.5 Å². The Labute approximate surface area is 175 Å². The topological polar surface area (TPSA) is 92.3 Å². The molecule has 0 radical (unpaired) electrons. The number of fused-ring (bicyclic) bond motifs is 1. The average molecular weight is 433 g/mol. The fourth-order valence-corrected chi connectivity index (χ4v) is 5.74. The Morgan fingerprint density at radius 1 is 1.17 bits per heavy atom. The maximum Gasteiger partial charge on any atom is 0.234 e. The molecule has 0 aromatic heterocycles. The monoisotopic (exact) mass is 432 g/mol. The third-order valence-electron chi connectivity index (χ3n) is 4.79. The van der Waals surface area contributed by atoms with Gasteiger partial charge in [-0.25, -0.2) is 8.42 Å². The molecule has 1 aliphatic heterocycles. The van der Waals surface area contributed by atoms with E-state index in [2.05, 4.69) is 10.6 Å². The highest BCUT2D eigenvalue weighted by molar-refractivity contribution is 8.00. The summed E-state index contributed by atoms with van der Waals surface area (Å²) in [5, 5.41) is 5.57. The first-order valence-corrected chi connectivity index (χ1v) is 11.9. The first kappa shape index (κ1) is 21.4. The van der Waals surface area contributed by atoms with E-state index in [1.165, 1.54) is 23.9 Å². The molecular formula is C21H24N2O4S2. The molecule has 0 unspecified atom stereocenters. The van der Waals surface area contributed by atoms with Crippen molar-refractivity contribution in [3.05, 3.63) is 47.0 Å². The van der Waals surface area contributed by atoms with Crippen LogP contribution in [0.25, 0.3) is 0 Å². The molecule has 0 saturated carbocycles. The Kier molecular flexibility index (Phi) is 6.05. The van der Waals surface area contributed by atoms with Crippen LogP contribution in [-0.2, 0) is 19.4 Å². The molecule has 2 aromatic rings. The summed E-state index contributed by atoms with van der Waals surface area (Å²) in [4.78, 5) is 25.2. The summed E-state index contributed by atoms with van der Waals surface area (Å²) in [6.07, 6.45) is 0. The molecule has 6 nitrogen and oxygen atoms in total. The molecule has 2 N–H and O–H groups in total. The van der Waals surface area contributed by atoms with Gasteiger partial charge < -0.3 is 10.6 Å². The van der Waals surface area contributed by atoms with Gasteiger partial charge in [-0.3, -0.25) is 9.59 Å². The molecule has 1 aliphatic rings. The largest absolute Gasteiger partial charge is 0.325 e. The van der Waals surface area contributed by atoms with Crippen molar-refractivity contribution in [1.29, 1.82) is 0 Å². The second-order valence-corrected chi connectivity index (χ2v) is 10.5. The lowest BCUT2D eigenvalue weighted by Gasteiger charge is -2.18. The predicted molar refractivity (Wildman–Crippen MR) is 116 cm³/mol. The van der Waals surface area contributed by atoms with Crippen molar-refractivity contribution in [2.24, 2.45) is 5.92 Å². The lowest BCUT2D eigenvalue weighted by Crippen LogP contribution is -2.28. The van der Waals surface area contributed by atoms with Crippen LogP contribution in [0.5, 0.6) is 0 Å². The van der Waals surface area contributed by atoms with Crippen molar-refractivity contribution < 1.29 is 18.0 Å². The Balaban J connectivity index is 1.76. The molecule has 0 fully saturated rings. The van der Waals surface area contributed by atoms with Crippen molar-refractivity contribution in [2.45, 2.75) is 37.5 Å². The van der Waals surface area contributed by atoms with Gasteiger partial charge in [0.2, 0.25) is 11.8 Å². The lowest BCUT2D eigenvalue weighted by atomic mass is 10.0. The predicted octanol–water partition coefficient (Wildman–Crippen LogP) is 3.70. The summed E-state index contributed by atoms with van der Waals surface area (Å²) in [5.41, 5.74) is 4.20. The van der Waals surface area contributed by atoms with E-state index in [9.17, 15) is 18.0 Å². The number of nitrogens with one attached hydrogen (secondary N) is 2. The Morgan fingerprint density at radius 2 is 1.83 bits per heavy atom. The molecule has 0 aliphatic carbocycles. The van der Waals surface area contributed by atoms with E-state index in [0.29, 0.717) is 11.4 Å². The molecule has 1 heterocycles. The normalized spacial score (nSPS) is 14.7. The Bertz CT molecular complexity index is 1070. The van der Waals surface area contributed by atoms with Crippen molar-refractivity contribution in [3.63, 3.8) is 0 Å². The molecule has 2 amide bonds. The van der Waals surface area contributed by atoms with Crippen molar-refractivity contribution in [3.8, 4) is 0 Å². The summed E-state index contributed by atoms with van der Waals surface area (Å²) in [5.74, 6) is -1.24. The fourth-order valence-electron chi connectivity index (χ4n) is 3.38. The van der Waals surface area contributed by atoms with E-state index in [0.717, 1.165) is 27.3 Å². The van der Waals surface area contributed by atoms with Crippen LogP contribution in [0.15, 0.2) is 40.1 Å². The first-order valence-electron chi connectivity index (χ1n) is 9.25. The number of carbonyl (C=O) groups is 2. The van der Waals surface area contributed by atoms with Crippen LogP contribution in [0.3, 0.4) is 0 Å². The van der Waals surface area contributed by atoms with Crippen molar-refractivity contribution >= 4 is 44.8 Å². The zero-order chi connectivity index (χ0) is 21.3. The van der Waals surface area contributed by atoms with Crippen molar-refractivity contribution in [2.75, 3.05) is 22.1 Å². The number of thioether (sulfide) groups is 1. The van der Waals surface area contributed by atoms with Gasteiger partial charge in [0.25, 0.3) is 0 Å². The lowest BCUT2D eigenvalue weighted by molar-refractivity contribution is -0.118. The number of aryl methyl sites for hydroxylation is 3. The number of benzene rings is 2. The third kappa shape index (κ3) is 4.82. The van der Waals surface area contributed by atoms with E-state index in [1.54, 1.807) is 13.0 Å². The van der Waals surface area contributed by atoms with Crippen LogP contribution < -0.4 is 10.6 Å². The standard InChI is InChI=1S/C21H24N2O4S2/c1-12-7-13(2)20(14(3)8-12)23-21(25)15(4)11-29(26,27)16-5-6-18-17(9-16)22-19(24)10-28-18/h5-9,15H,10-11H2,1-4H3,(H,22,24)(H,23,25)/t15-/m0/s1. The minimum Gasteiger partial charge on any atom is -0.325 e. The zero-order valence-corrected chi connectivity index (χ0v) is 18.5. The van der Waals surface area contributed by atoms with Crippen LogP contribution in [0.1, 0.15) is 23.6 Å². The van der Waals surface area contributed by atoms with Gasteiger partial charge in [0.15, 0.2) is 9.84 Å². The SMILES string of the molecule is Cc1cc(C)c(NC(=O)[C@@H](C)CS(=O)(=O)c2ccc3c(c2)NC(=O)CS3)c(C)c1. The molecule has 2 aromatic carbocycles. The van der Waals surface area contributed by atoms with Crippen LogP contribution in [0.4, 0.5) is 11.4 Å². The minimum absolute atomic E-state index is 0.0985. The number of carbonyl (C=O) groups excluding carboxylic acids is 2. The summed E-state index contributed by atoms with van der Waals surface area (Å²) >= 11 is 1.37. The van der Waals surface area contributed by atoms with Gasteiger partial charge >= 0.3 is 0 Å². The van der Waals surface area contributed by atoms with Gasteiger partial charge in [0.1, 0.15) is 0 Å². The number of rotatable bonds is 5. The third-order valence-corrected chi connectivity index (χ3v) is 7.77. The summed E-state index contributed by atoms with van der Waals surface area (Å²) in [7, 11) is -3.70. The van der Waals surface area contributed by atoms with Gasteiger partial charge in [-0.1, -0.05) is 24.6 Å². The maximum absolute atomic E-state index is 12.8. The summed E-state index contributed by atoms with van der Waals surface area (Å²) in [6.45, 7) is 7.41. The molecule has 3 rings (SSSR count). The highest BCUT2D eigenvalue weighted by Crippen LogP contribution is 2.33. The molecule has 154 valence electrons. The first-order chi connectivity index (χ1) is 13.6. The second-order valence-electron chi connectivity index (χ2n) is 7.44. The van der Waals surface area contributed by atoms with Crippen LogP contribution >= 0.6 is 11.8 Å². The molecular weight excluding hydrogens is 408 g/mol. The maximum atomic E-state index is 12.8. The molecule has 0 saturated heterocycles. The van der Waals surface area contributed by atoms with E-state index < -0.39 is 15.8 Å². The zero-order valence-electron chi connectivity index (χ0n) is 16.8. The number of hydrogen-bond donors (Lipinski definition) is 2. The van der Waals surface area contributed by atoms with E-state index in [1.807, 2.05) is 32.9 Å². The van der Waals surface area contributed by atoms with Gasteiger partial charge in [-0.05, 0) is 50.1 Å². The molecule has 0 bridgehead atoms. The molecule has 29 heavy (non-hydrogen) atoms. The quantitative estimate of drug-likeness (QED) is 0.752. The molecule has 1 atom stereocenters. The number of amides is 2. The van der Waals surface area contributed by atoms with E-state index in [4.69, 9.17) is 0 Å².